The molecule has 0 spiro atoms. The molecule has 1 aromatic heterocycles. The van der Waals surface area contributed by atoms with Gasteiger partial charge in [-0.1, -0.05) is 37.7 Å². The molecular weight excluding hydrogens is 406 g/mol. The van der Waals surface area contributed by atoms with Gasteiger partial charge in [0.2, 0.25) is 0 Å². The molecule has 0 aliphatic carbocycles. The molecule has 1 amide bonds. The number of aromatic nitrogens is 2. The van der Waals surface area contributed by atoms with Gasteiger partial charge < -0.3 is 14.7 Å². The molecule has 0 saturated carbocycles. The van der Waals surface area contributed by atoms with E-state index in [-0.39, 0.29) is 5.91 Å². The summed E-state index contributed by atoms with van der Waals surface area (Å²) >= 11 is 1.65. The molecule has 0 unspecified atom stereocenters. The lowest BCUT2D eigenvalue weighted by atomic mass is 10.1. The SMILES string of the molecule is CCc1cc(N2CCN(CC)CC2)nc(SCc2cccc(C(=O)N3CCCC3)c2)n1. The average molecular weight is 440 g/mol. The minimum Gasteiger partial charge on any atom is -0.354 e. The number of piperazine rings is 1. The lowest BCUT2D eigenvalue weighted by molar-refractivity contribution is 0.0792. The van der Waals surface area contributed by atoms with E-state index in [4.69, 9.17) is 9.97 Å². The number of carbonyl (C=O) groups excluding carboxylic acids is 1. The average Bonchev–Trinajstić information content (AvgIpc) is 3.37. The number of benzene rings is 1. The van der Waals surface area contributed by atoms with E-state index >= 15 is 0 Å². The summed E-state index contributed by atoms with van der Waals surface area (Å²) in [5.74, 6) is 1.96. The molecule has 166 valence electrons. The highest BCUT2D eigenvalue weighted by Gasteiger charge is 2.20. The van der Waals surface area contributed by atoms with Gasteiger partial charge in [-0.2, -0.15) is 0 Å². The number of aryl methyl sites for hydroxylation is 1. The molecule has 2 fully saturated rings. The fraction of sp³-hybridized carbons (Fsp3) is 0.542. The van der Waals surface area contributed by atoms with E-state index in [1.165, 1.54) is 0 Å². The van der Waals surface area contributed by atoms with Crippen molar-refractivity contribution in [1.82, 2.24) is 19.8 Å². The lowest BCUT2D eigenvalue weighted by Crippen LogP contribution is -2.46. The van der Waals surface area contributed by atoms with E-state index in [0.717, 1.165) is 98.6 Å². The fourth-order valence-corrected chi connectivity index (χ4v) is 5.02. The number of thioether (sulfide) groups is 1. The van der Waals surface area contributed by atoms with Crippen LogP contribution in [0, 0.1) is 0 Å². The van der Waals surface area contributed by atoms with Crippen LogP contribution >= 0.6 is 11.8 Å². The van der Waals surface area contributed by atoms with Crippen LogP contribution in [0.3, 0.4) is 0 Å². The Morgan fingerprint density at radius 1 is 1.00 bits per heavy atom. The summed E-state index contributed by atoms with van der Waals surface area (Å²) in [5, 5.41) is 0.823. The molecule has 4 rings (SSSR count). The van der Waals surface area contributed by atoms with Gasteiger partial charge in [0.15, 0.2) is 5.16 Å². The molecule has 0 radical (unpaired) electrons. The summed E-state index contributed by atoms with van der Waals surface area (Å²) in [7, 11) is 0. The van der Waals surface area contributed by atoms with Crippen LogP contribution < -0.4 is 4.90 Å². The Morgan fingerprint density at radius 3 is 2.48 bits per heavy atom. The van der Waals surface area contributed by atoms with Crippen molar-refractivity contribution in [2.75, 3.05) is 50.7 Å². The number of likely N-dealkylation sites (N-methyl/N-ethyl adjacent to an activating group) is 1. The van der Waals surface area contributed by atoms with Crippen molar-refractivity contribution in [2.24, 2.45) is 0 Å². The van der Waals surface area contributed by atoms with Gasteiger partial charge in [-0.3, -0.25) is 4.79 Å². The molecule has 2 saturated heterocycles. The van der Waals surface area contributed by atoms with Gasteiger partial charge in [-0.25, -0.2) is 9.97 Å². The molecular formula is C24H33N5OS. The third-order valence-corrected chi connectivity index (χ3v) is 7.10. The molecule has 0 bridgehead atoms. The van der Waals surface area contributed by atoms with Gasteiger partial charge in [0.25, 0.3) is 5.91 Å². The molecule has 1 aromatic carbocycles. The molecule has 7 heteroatoms. The van der Waals surface area contributed by atoms with Crippen LogP contribution in [0.25, 0.3) is 0 Å². The van der Waals surface area contributed by atoms with E-state index < -0.39 is 0 Å². The molecule has 0 N–H and O–H groups in total. The maximum absolute atomic E-state index is 12.7. The second kappa shape index (κ2) is 10.5. The number of nitrogens with zero attached hydrogens (tertiary/aromatic N) is 5. The number of rotatable bonds is 7. The monoisotopic (exact) mass is 439 g/mol. The zero-order valence-electron chi connectivity index (χ0n) is 18.7. The Bertz CT molecular complexity index is 891. The van der Waals surface area contributed by atoms with Crippen LogP contribution in [0.15, 0.2) is 35.5 Å². The zero-order chi connectivity index (χ0) is 21.6. The highest BCUT2D eigenvalue weighted by Crippen LogP contribution is 2.25. The first kappa shape index (κ1) is 22.1. The van der Waals surface area contributed by atoms with Crippen molar-refractivity contribution in [3.8, 4) is 0 Å². The third-order valence-electron chi connectivity index (χ3n) is 6.19. The van der Waals surface area contributed by atoms with Gasteiger partial charge in [0.1, 0.15) is 5.82 Å². The predicted molar refractivity (Wildman–Crippen MR) is 127 cm³/mol. The van der Waals surface area contributed by atoms with Crippen molar-refractivity contribution in [1.29, 1.82) is 0 Å². The van der Waals surface area contributed by atoms with Crippen molar-refractivity contribution >= 4 is 23.5 Å². The maximum atomic E-state index is 12.7. The first-order valence-corrected chi connectivity index (χ1v) is 12.5. The van der Waals surface area contributed by atoms with E-state index in [1.807, 2.05) is 23.1 Å². The first-order chi connectivity index (χ1) is 15.2. The van der Waals surface area contributed by atoms with E-state index in [0.29, 0.717) is 0 Å². The smallest absolute Gasteiger partial charge is 0.253 e. The number of amides is 1. The van der Waals surface area contributed by atoms with Crippen molar-refractivity contribution < 1.29 is 4.79 Å². The normalized spacial score (nSPS) is 17.4. The third kappa shape index (κ3) is 5.57. The molecule has 31 heavy (non-hydrogen) atoms. The molecule has 0 atom stereocenters. The predicted octanol–water partition coefficient (Wildman–Crippen LogP) is 3.71. The lowest BCUT2D eigenvalue weighted by Gasteiger charge is -2.34. The van der Waals surface area contributed by atoms with Gasteiger partial charge in [0, 0.05) is 62.3 Å². The highest BCUT2D eigenvalue weighted by atomic mass is 32.2. The number of carbonyl (C=O) groups is 1. The Labute approximate surface area is 190 Å². The van der Waals surface area contributed by atoms with Crippen molar-refractivity contribution in [2.45, 2.75) is 44.0 Å². The number of likely N-dealkylation sites (tertiary alicyclic amines) is 1. The van der Waals surface area contributed by atoms with E-state index in [2.05, 4.69) is 35.8 Å². The minimum atomic E-state index is 0.155. The van der Waals surface area contributed by atoms with Gasteiger partial charge in [-0.05, 0) is 43.5 Å². The summed E-state index contributed by atoms with van der Waals surface area (Å²) < 4.78 is 0. The number of hydrogen-bond donors (Lipinski definition) is 0. The molecule has 2 aromatic rings. The van der Waals surface area contributed by atoms with Crippen LogP contribution in [0.5, 0.6) is 0 Å². The van der Waals surface area contributed by atoms with Crippen molar-refractivity contribution in [3.63, 3.8) is 0 Å². The first-order valence-electron chi connectivity index (χ1n) is 11.5. The largest absolute Gasteiger partial charge is 0.354 e. The van der Waals surface area contributed by atoms with E-state index in [1.54, 1.807) is 11.8 Å². The summed E-state index contributed by atoms with van der Waals surface area (Å²) in [6, 6.07) is 10.2. The van der Waals surface area contributed by atoms with Gasteiger partial charge in [-0.15, -0.1) is 0 Å². The van der Waals surface area contributed by atoms with Crippen LogP contribution in [0.4, 0.5) is 5.82 Å². The number of anilines is 1. The molecule has 6 nitrogen and oxygen atoms in total. The van der Waals surface area contributed by atoms with Crippen LogP contribution in [-0.4, -0.2) is 71.5 Å². The van der Waals surface area contributed by atoms with Crippen molar-refractivity contribution in [3.05, 3.63) is 47.2 Å². The van der Waals surface area contributed by atoms with E-state index in [9.17, 15) is 4.79 Å². The quantitative estimate of drug-likeness (QED) is 0.484. The Kier molecular flexibility index (Phi) is 7.45. The summed E-state index contributed by atoms with van der Waals surface area (Å²) in [4.78, 5) is 29.2. The minimum absolute atomic E-state index is 0.155. The van der Waals surface area contributed by atoms with Crippen LogP contribution in [0.2, 0.25) is 0 Å². The second-order valence-electron chi connectivity index (χ2n) is 8.26. The summed E-state index contributed by atoms with van der Waals surface area (Å²) in [6.07, 6.45) is 3.13. The maximum Gasteiger partial charge on any atom is 0.253 e. The fourth-order valence-electron chi connectivity index (χ4n) is 4.21. The van der Waals surface area contributed by atoms with Crippen LogP contribution in [-0.2, 0) is 12.2 Å². The molecule has 2 aliphatic rings. The second-order valence-corrected chi connectivity index (χ2v) is 9.21. The summed E-state index contributed by atoms with van der Waals surface area (Å²) in [5.41, 5.74) is 3.01. The van der Waals surface area contributed by atoms with Crippen LogP contribution in [0.1, 0.15) is 48.3 Å². The molecule has 3 heterocycles. The Balaban J connectivity index is 1.43. The zero-order valence-corrected chi connectivity index (χ0v) is 19.5. The highest BCUT2D eigenvalue weighted by molar-refractivity contribution is 7.98. The Hall–Kier alpha value is -2.12. The van der Waals surface area contributed by atoms with Gasteiger partial charge >= 0.3 is 0 Å². The standard InChI is InChI=1S/C24H33N5OS/c1-3-21-17-22(28-14-12-27(4-2)13-15-28)26-24(25-21)31-18-19-8-7-9-20(16-19)23(30)29-10-5-6-11-29/h7-9,16-17H,3-6,10-15,18H2,1-2H3. The number of hydrogen-bond acceptors (Lipinski definition) is 6. The Morgan fingerprint density at radius 2 is 1.77 bits per heavy atom. The van der Waals surface area contributed by atoms with Gasteiger partial charge in [0.05, 0.1) is 0 Å². The summed E-state index contributed by atoms with van der Waals surface area (Å²) in [6.45, 7) is 11.4. The topological polar surface area (TPSA) is 52.6 Å². The molecule has 2 aliphatic heterocycles.